The Morgan fingerprint density at radius 1 is 1.14 bits per heavy atom. The summed E-state index contributed by atoms with van der Waals surface area (Å²) in [4.78, 5) is 29.0. The van der Waals surface area contributed by atoms with Crippen LogP contribution >= 0.6 is 0 Å². The van der Waals surface area contributed by atoms with Gasteiger partial charge in [0.15, 0.2) is 0 Å². The highest BCUT2D eigenvalue weighted by atomic mass is 16.1. The molecule has 2 aliphatic heterocycles. The third-order valence-electron chi connectivity index (χ3n) is 4.06. The highest BCUT2D eigenvalue weighted by Crippen LogP contribution is 2.25. The number of amides is 1. The van der Waals surface area contributed by atoms with Gasteiger partial charge in [0.05, 0.1) is 0 Å². The third kappa shape index (κ3) is 2.70. The SMILES string of the molecule is CNc1nc(N2CCCC2)nc(N2CCCC2C(N)=O)n1. The molecular weight excluding hydrogens is 270 g/mol. The topological polar surface area (TPSA) is 100 Å². The Bertz CT molecular complexity index is 529. The van der Waals surface area contributed by atoms with Gasteiger partial charge in [0, 0.05) is 26.7 Å². The summed E-state index contributed by atoms with van der Waals surface area (Å²) >= 11 is 0. The number of nitrogens with zero attached hydrogens (tertiary/aromatic N) is 5. The minimum absolute atomic E-state index is 0.316. The van der Waals surface area contributed by atoms with Gasteiger partial charge in [-0.1, -0.05) is 0 Å². The zero-order valence-electron chi connectivity index (χ0n) is 12.2. The first-order chi connectivity index (χ1) is 10.2. The number of hydrogen-bond acceptors (Lipinski definition) is 7. The molecule has 8 nitrogen and oxygen atoms in total. The molecule has 8 heteroatoms. The normalized spacial score (nSPS) is 21.9. The zero-order valence-corrected chi connectivity index (χ0v) is 12.2. The number of aromatic nitrogens is 3. The van der Waals surface area contributed by atoms with Crippen LogP contribution in [-0.2, 0) is 4.79 Å². The Morgan fingerprint density at radius 3 is 2.52 bits per heavy atom. The summed E-state index contributed by atoms with van der Waals surface area (Å²) in [6.07, 6.45) is 4.00. The smallest absolute Gasteiger partial charge is 0.240 e. The van der Waals surface area contributed by atoms with E-state index in [0.29, 0.717) is 17.8 Å². The molecule has 0 aromatic carbocycles. The van der Waals surface area contributed by atoms with Crippen molar-refractivity contribution in [3.63, 3.8) is 0 Å². The highest BCUT2D eigenvalue weighted by Gasteiger charge is 2.32. The van der Waals surface area contributed by atoms with E-state index in [2.05, 4.69) is 25.2 Å². The van der Waals surface area contributed by atoms with Gasteiger partial charge in [0.25, 0.3) is 0 Å². The summed E-state index contributed by atoms with van der Waals surface area (Å²) < 4.78 is 0. The van der Waals surface area contributed by atoms with E-state index < -0.39 is 0 Å². The fourth-order valence-corrected chi connectivity index (χ4v) is 2.95. The lowest BCUT2D eigenvalue weighted by molar-refractivity contribution is -0.119. The predicted molar refractivity (Wildman–Crippen MR) is 80.4 cm³/mol. The second-order valence-corrected chi connectivity index (χ2v) is 5.46. The zero-order chi connectivity index (χ0) is 14.8. The van der Waals surface area contributed by atoms with Gasteiger partial charge in [-0.3, -0.25) is 4.79 Å². The second kappa shape index (κ2) is 5.71. The minimum Gasteiger partial charge on any atom is -0.368 e. The van der Waals surface area contributed by atoms with Gasteiger partial charge in [-0.15, -0.1) is 0 Å². The van der Waals surface area contributed by atoms with Crippen molar-refractivity contribution in [1.82, 2.24) is 15.0 Å². The van der Waals surface area contributed by atoms with Gasteiger partial charge < -0.3 is 20.9 Å². The number of primary amides is 1. The van der Waals surface area contributed by atoms with E-state index in [9.17, 15) is 4.79 Å². The first-order valence-corrected chi connectivity index (χ1v) is 7.44. The molecule has 1 aromatic rings. The molecule has 21 heavy (non-hydrogen) atoms. The lowest BCUT2D eigenvalue weighted by atomic mass is 10.2. The van der Waals surface area contributed by atoms with E-state index in [-0.39, 0.29) is 11.9 Å². The number of carbonyl (C=O) groups is 1. The maximum absolute atomic E-state index is 11.6. The van der Waals surface area contributed by atoms with Gasteiger partial charge in [0.1, 0.15) is 6.04 Å². The number of anilines is 3. The molecule has 2 saturated heterocycles. The van der Waals surface area contributed by atoms with Crippen LogP contribution in [0.3, 0.4) is 0 Å². The number of carbonyl (C=O) groups excluding carboxylic acids is 1. The van der Waals surface area contributed by atoms with Crippen molar-refractivity contribution in [3.05, 3.63) is 0 Å². The minimum atomic E-state index is -0.318. The van der Waals surface area contributed by atoms with Crippen molar-refractivity contribution in [2.24, 2.45) is 5.73 Å². The van der Waals surface area contributed by atoms with Gasteiger partial charge in [0.2, 0.25) is 23.8 Å². The van der Waals surface area contributed by atoms with Crippen molar-refractivity contribution in [3.8, 4) is 0 Å². The number of rotatable bonds is 4. The van der Waals surface area contributed by atoms with Crippen LogP contribution in [0.2, 0.25) is 0 Å². The molecule has 0 radical (unpaired) electrons. The van der Waals surface area contributed by atoms with Gasteiger partial charge >= 0.3 is 0 Å². The maximum Gasteiger partial charge on any atom is 0.240 e. The van der Waals surface area contributed by atoms with Crippen LogP contribution in [0.15, 0.2) is 0 Å². The molecule has 2 fully saturated rings. The van der Waals surface area contributed by atoms with Gasteiger partial charge in [-0.2, -0.15) is 15.0 Å². The Labute approximate surface area is 123 Å². The summed E-state index contributed by atoms with van der Waals surface area (Å²) in [7, 11) is 1.78. The van der Waals surface area contributed by atoms with Crippen molar-refractivity contribution < 1.29 is 4.79 Å². The van der Waals surface area contributed by atoms with Crippen LogP contribution in [0.25, 0.3) is 0 Å². The van der Waals surface area contributed by atoms with Crippen molar-refractivity contribution in [2.45, 2.75) is 31.7 Å². The molecule has 3 heterocycles. The lowest BCUT2D eigenvalue weighted by Gasteiger charge is -2.24. The molecule has 0 spiro atoms. The first kappa shape index (κ1) is 13.8. The molecule has 1 atom stereocenters. The van der Waals surface area contributed by atoms with Crippen LogP contribution in [-0.4, -0.2) is 53.6 Å². The molecule has 114 valence electrons. The average molecular weight is 291 g/mol. The molecule has 0 aliphatic carbocycles. The highest BCUT2D eigenvalue weighted by molar-refractivity contribution is 5.83. The van der Waals surface area contributed by atoms with E-state index in [4.69, 9.17) is 5.73 Å². The van der Waals surface area contributed by atoms with Crippen LogP contribution in [0.4, 0.5) is 17.8 Å². The summed E-state index contributed by atoms with van der Waals surface area (Å²) in [6, 6.07) is -0.316. The monoisotopic (exact) mass is 291 g/mol. The van der Waals surface area contributed by atoms with E-state index in [1.165, 1.54) is 0 Å². The van der Waals surface area contributed by atoms with Crippen molar-refractivity contribution in [1.29, 1.82) is 0 Å². The molecule has 1 aromatic heterocycles. The van der Waals surface area contributed by atoms with Gasteiger partial charge in [-0.25, -0.2) is 0 Å². The molecular formula is C13H21N7O. The molecule has 2 aliphatic rings. The first-order valence-electron chi connectivity index (χ1n) is 7.44. The second-order valence-electron chi connectivity index (χ2n) is 5.46. The third-order valence-corrected chi connectivity index (χ3v) is 4.06. The van der Waals surface area contributed by atoms with Crippen LogP contribution < -0.4 is 20.9 Å². The van der Waals surface area contributed by atoms with Crippen LogP contribution in [0.5, 0.6) is 0 Å². The van der Waals surface area contributed by atoms with E-state index >= 15 is 0 Å². The Kier molecular flexibility index (Phi) is 3.76. The molecule has 3 N–H and O–H groups in total. The van der Waals surface area contributed by atoms with Gasteiger partial charge in [-0.05, 0) is 25.7 Å². The Hall–Kier alpha value is -2.12. The van der Waals surface area contributed by atoms with E-state index in [1.807, 2.05) is 4.90 Å². The Morgan fingerprint density at radius 2 is 1.86 bits per heavy atom. The summed E-state index contributed by atoms with van der Waals surface area (Å²) in [5.74, 6) is 1.42. The number of nitrogens with two attached hydrogens (primary N) is 1. The fraction of sp³-hybridized carbons (Fsp3) is 0.692. The van der Waals surface area contributed by atoms with Crippen molar-refractivity contribution in [2.75, 3.05) is 41.8 Å². The molecule has 1 amide bonds. The molecule has 0 bridgehead atoms. The predicted octanol–water partition coefficient (Wildman–Crippen LogP) is -0.0324. The summed E-state index contributed by atoms with van der Waals surface area (Å²) in [6.45, 7) is 2.68. The largest absolute Gasteiger partial charge is 0.368 e. The lowest BCUT2D eigenvalue weighted by Crippen LogP contribution is -2.41. The van der Waals surface area contributed by atoms with E-state index in [0.717, 1.165) is 45.3 Å². The maximum atomic E-state index is 11.6. The summed E-state index contributed by atoms with van der Waals surface area (Å²) in [5.41, 5.74) is 5.48. The quantitative estimate of drug-likeness (QED) is 0.803. The fourth-order valence-electron chi connectivity index (χ4n) is 2.95. The summed E-state index contributed by atoms with van der Waals surface area (Å²) in [5, 5.41) is 2.97. The number of nitrogens with one attached hydrogen (secondary N) is 1. The van der Waals surface area contributed by atoms with Crippen LogP contribution in [0.1, 0.15) is 25.7 Å². The van der Waals surface area contributed by atoms with Crippen molar-refractivity contribution >= 4 is 23.8 Å². The Balaban J connectivity index is 1.93. The molecule has 1 unspecified atom stereocenters. The standard InChI is InChI=1S/C13H21N7O/c1-15-11-16-12(19-6-2-3-7-19)18-13(17-11)20-8-4-5-9(20)10(14)21/h9H,2-8H2,1H3,(H2,14,21)(H,15,16,17,18). The average Bonchev–Trinajstić information content (AvgIpc) is 3.17. The molecule has 3 rings (SSSR count). The van der Waals surface area contributed by atoms with Crippen LogP contribution in [0, 0.1) is 0 Å². The molecule has 0 saturated carbocycles. The number of hydrogen-bond donors (Lipinski definition) is 2. The van der Waals surface area contributed by atoms with E-state index in [1.54, 1.807) is 7.05 Å².